The molecule has 0 aliphatic rings. The molecule has 210 valence electrons. The number of hydrogen-bond donors (Lipinski definition) is 14. The standard InChI is InChI=1S/C23H23ClN2O13/c24-12-14(28)11(17(31)20(34)18(12)32)9(27)5-26-23(38,39)6-25-13-15(29)10(16(30)21(35)19(13)33)7-2-1-3-8(4-7)22(36)37/h1-4,9,25-35,38-39H,5-6H2,(H,36,37). The Bertz CT molecular complexity index is 1420. The molecule has 3 aromatic carbocycles. The zero-order chi connectivity index (χ0) is 29.4. The highest BCUT2D eigenvalue weighted by molar-refractivity contribution is 6.34. The molecule has 0 fully saturated rings. The van der Waals surface area contributed by atoms with Crippen LogP contribution >= 0.6 is 11.6 Å². The fourth-order valence-electron chi connectivity index (χ4n) is 3.59. The number of phenols is 8. The molecule has 39 heavy (non-hydrogen) atoms. The Morgan fingerprint density at radius 1 is 0.846 bits per heavy atom. The molecular formula is C23H23ClN2O13. The van der Waals surface area contributed by atoms with Crippen molar-refractivity contribution in [3.05, 3.63) is 40.4 Å². The van der Waals surface area contributed by atoms with Gasteiger partial charge in [-0.2, -0.15) is 0 Å². The maximum atomic E-state index is 11.3. The number of halogens is 1. The first-order chi connectivity index (χ1) is 18.1. The largest absolute Gasteiger partial charge is 0.506 e. The van der Waals surface area contributed by atoms with Gasteiger partial charge in [-0.3, -0.25) is 5.32 Å². The maximum absolute atomic E-state index is 11.3. The molecule has 0 aromatic heterocycles. The molecule has 3 aromatic rings. The third-order valence-corrected chi connectivity index (χ3v) is 5.95. The molecule has 0 spiro atoms. The molecule has 1 unspecified atom stereocenters. The Kier molecular flexibility index (Phi) is 7.95. The van der Waals surface area contributed by atoms with Crippen LogP contribution in [0.15, 0.2) is 24.3 Å². The first-order valence-electron chi connectivity index (χ1n) is 10.7. The fourth-order valence-corrected chi connectivity index (χ4v) is 3.78. The highest BCUT2D eigenvalue weighted by Gasteiger charge is 2.31. The van der Waals surface area contributed by atoms with Gasteiger partial charge < -0.3 is 66.6 Å². The minimum absolute atomic E-state index is 0.0841. The van der Waals surface area contributed by atoms with Crippen molar-refractivity contribution in [3.63, 3.8) is 0 Å². The van der Waals surface area contributed by atoms with Gasteiger partial charge in [-0.15, -0.1) is 0 Å². The lowest BCUT2D eigenvalue weighted by Crippen LogP contribution is -2.51. The van der Waals surface area contributed by atoms with Gasteiger partial charge in [0.25, 0.3) is 0 Å². The van der Waals surface area contributed by atoms with Gasteiger partial charge in [0.2, 0.25) is 17.4 Å². The number of aliphatic hydroxyl groups excluding tert-OH is 1. The zero-order valence-electron chi connectivity index (χ0n) is 19.5. The second-order valence-corrected chi connectivity index (χ2v) is 8.60. The minimum atomic E-state index is -2.97. The van der Waals surface area contributed by atoms with E-state index in [2.05, 4.69) is 5.32 Å². The van der Waals surface area contributed by atoms with E-state index >= 15 is 0 Å². The Hall–Kier alpha value is -4.54. The van der Waals surface area contributed by atoms with Gasteiger partial charge in [0.05, 0.1) is 29.3 Å². The van der Waals surface area contributed by atoms with Gasteiger partial charge in [-0.1, -0.05) is 23.7 Å². The van der Waals surface area contributed by atoms with Gasteiger partial charge in [-0.25, -0.2) is 4.79 Å². The summed E-state index contributed by atoms with van der Waals surface area (Å²) in [6.07, 6.45) is -1.94. The van der Waals surface area contributed by atoms with Gasteiger partial charge in [0.15, 0.2) is 28.7 Å². The average Bonchev–Trinajstić information content (AvgIpc) is 2.88. The van der Waals surface area contributed by atoms with Crippen LogP contribution in [-0.2, 0) is 0 Å². The molecule has 0 bridgehead atoms. The third kappa shape index (κ3) is 5.52. The number of hydrogen-bond acceptors (Lipinski definition) is 14. The number of nitrogens with one attached hydrogen (secondary N) is 2. The summed E-state index contributed by atoms with van der Waals surface area (Å²) < 4.78 is 0. The van der Waals surface area contributed by atoms with Crippen LogP contribution in [0.1, 0.15) is 22.0 Å². The highest BCUT2D eigenvalue weighted by Crippen LogP contribution is 2.54. The van der Waals surface area contributed by atoms with Gasteiger partial charge in [0, 0.05) is 6.54 Å². The van der Waals surface area contributed by atoms with E-state index < -0.39 is 98.9 Å². The van der Waals surface area contributed by atoms with E-state index in [4.69, 9.17) is 11.6 Å². The second kappa shape index (κ2) is 10.7. The van der Waals surface area contributed by atoms with Crippen LogP contribution in [-0.4, -0.2) is 86.2 Å². The van der Waals surface area contributed by atoms with Gasteiger partial charge in [0.1, 0.15) is 16.5 Å². The van der Waals surface area contributed by atoms with E-state index in [1.165, 1.54) is 18.2 Å². The first-order valence-corrected chi connectivity index (χ1v) is 11.1. The SMILES string of the molecule is O=C(O)c1cccc(-c2c(O)c(O)c(O)c(NCC(O)(O)NCC(O)c3c(O)c(O)c(O)c(Cl)c3O)c2O)c1. The van der Waals surface area contributed by atoms with Crippen LogP contribution in [0.3, 0.4) is 0 Å². The van der Waals surface area contributed by atoms with Crippen LogP contribution < -0.4 is 10.6 Å². The smallest absolute Gasteiger partial charge is 0.335 e. The van der Waals surface area contributed by atoms with Crippen LogP contribution in [0.25, 0.3) is 11.1 Å². The first kappa shape index (κ1) is 29.0. The van der Waals surface area contributed by atoms with E-state index in [0.717, 1.165) is 6.07 Å². The molecule has 0 saturated carbocycles. The molecular weight excluding hydrogens is 548 g/mol. The molecule has 14 N–H and O–H groups in total. The molecule has 0 aliphatic heterocycles. The highest BCUT2D eigenvalue weighted by atomic mass is 35.5. The number of benzene rings is 3. The van der Waals surface area contributed by atoms with Gasteiger partial charge in [-0.05, 0) is 17.7 Å². The van der Waals surface area contributed by atoms with Crippen molar-refractivity contribution in [1.29, 1.82) is 0 Å². The number of carboxylic acid groups (broad SMARTS) is 1. The summed E-state index contributed by atoms with van der Waals surface area (Å²) in [5.74, 6) is -12.8. The Labute approximate surface area is 222 Å². The Morgan fingerprint density at radius 3 is 2.08 bits per heavy atom. The molecule has 16 heteroatoms. The zero-order valence-corrected chi connectivity index (χ0v) is 20.2. The van der Waals surface area contributed by atoms with Crippen LogP contribution in [0.5, 0.6) is 46.0 Å². The summed E-state index contributed by atoms with van der Waals surface area (Å²) in [6.45, 7) is -1.82. The molecule has 0 radical (unpaired) electrons. The van der Waals surface area contributed by atoms with Crippen LogP contribution in [0, 0.1) is 0 Å². The van der Waals surface area contributed by atoms with Crippen LogP contribution in [0.2, 0.25) is 5.02 Å². The predicted molar refractivity (Wildman–Crippen MR) is 132 cm³/mol. The third-order valence-electron chi connectivity index (χ3n) is 5.59. The lowest BCUT2D eigenvalue weighted by Gasteiger charge is -2.27. The van der Waals surface area contributed by atoms with E-state index in [0.29, 0.717) is 0 Å². The van der Waals surface area contributed by atoms with Crippen molar-refractivity contribution in [2.24, 2.45) is 0 Å². The van der Waals surface area contributed by atoms with E-state index in [-0.39, 0.29) is 11.1 Å². The second-order valence-electron chi connectivity index (χ2n) is 8.22. The number of anilines is 1. The summed E-state index contributed by atoms with van der Waals surface area (Å²) in [4.78, 5) is 11.3. The molecule has 0 amide bonds. The number of phenolic OH excluding ortho intramolecular Hbond substituents is 8. The van der Waals surface area contributed by atoms with Crippen molar-refractivity contribution in [2.75, 3.05) is 18.4 Å². The molecule has 0 heterocycles. The molecule has 3 rings (SSSR count). The summed E-state index contributed by atoms with van der Waals surface area (Å²) in [5, 5.41) is 124. The number of rotatable bonds is 9. The molecule has 0 saturated heterocycles. The summed E-state index contributed by atoms with van der Waals surface area (Å²) in [5.41, 5.74) is -2.30. The lowest BCUT2D eigenvalue weighted by molar-refractivity contribution is -0.176. The van der Waals surface area contributed by atoms with E-state index in [9.17, 15) is 66.1 Å². The number of carbonyl (C=O) groups is 1. The van der Waals surface area contributed by atoms with Crippen molar-refractivity contribution in [1.82, 2.24) is 5.32 Å². The summed E-state index contributed by atoms with van der Waals surface area (Å²) in [7, 11) is 0. The van der Waals surface area contributed by atoms with Crippen LogP contribution in [0.4, 0.5) is 5.69 Å². The minimum Gasteiger partial charge on any atom is -0.506 e. The number of aromatic carboxylic acids is 1. The molecule has 15 nitrogen and oxygen atoms in total. The summed E-state index contributed by atoms with van der Waals surface area (Å²) >= 11 is 5.62. The van der Waals surface area contributed by atoms with Crippen molar-refractivity contribution in [2.45, 2.75) is 12.0 Å². The van der Waals surface area contributed by atoms with E-state index in [1.807, 2.05) is 5.32 Å². The summed E-state index contributed by atoms with van der Waals surface area (Å²) in [6, 6.07) is 4.84. The van der Waals surface area contributed by atoms with Crippen molar-refractivity contribution >= 4 is 23.3 Å². The molecule has 1 atom stereocenters. The molecule has 0 aliphatic carbocycles. The topological polar surface area (TPSA) is 284 Å². The van der Waals surface area contributed by atoms with E-state index in [1.54, 1.807) is 0 Å². The number of aromatic hydroxyl groups is 8. The van der Waals surface area contributed by atoms with Crippen molar-refractivity contribution in [3.8, 4) is 57.1 Å². The lowest BCUT2D eigenvalue weighted by atomic mass is 9.99. The van der Waals surface area contributed by atoms with Crippen molar-refractivity contribution < 1.29 is 66.1 Å². The van der Waals surface area contributed by atoms with Gasteiger partial charge >= 0.3 is 5.97 Å². The maximum Gasteiger partial charge on any atom is 0.335 e. The predicted octanol–water partition coefficient (Wildman–Crippen LogP) is 0.723. The average molecular weight is 571 g/mol. The number of aliphatic hydroxyl groups is 3. The fraction of sp³-hybridized carbons (Fsp3) is 0.174. The Morgan fingerprint density at radius 2 is 1.46 bits per heavy atom. The number of carboxylic acids is 1. The monoisotopic (exact) mass is 570 g/mol. The quantitative estimate of drug-likeness (QED) is 0.0957. The Balaban J connectivity index is 1.85. The normalized spacial score (nSPS) is 12.3.